The largest absolute Gasteiger partial charge is 0.393 e. The Morgan fingerprint density at radius 2 is 2.21 bits per heavy atom. The average molecular weight is 294 g/mol. The minimum Gasteiger partial charge on any atom is -0.340 e. The summed E-state index contributed by atoms with van der Waals surface area (Å²) in [5.41, 5.74) is 0. The van der Waals surface area contributed by atoms with Gasteiger partial charge in [0.25, 0.3) is 0 Å². The molecule has 0 spiro atoms. The number of aromatic amines is 1. The molecule has 2 rings (SSSR count). The standard InChI is InChI=1S/C11H17F3N4S/c1-2-5-18-9(15-16-10(18)19)17-6-3-4-8(7-17)11(12,13)14/h8H,2-7H2,1H3,(H,16,19). The van der Waals surface area contributed by atoms with Crippen molar-refractivity contribution in [3.63, 3.8) is 0 Å². The molecular formula is C11H17F3N4S. The van der Waals surface area contributed by atoms with Crippen LogP contribution in [0.1, 0.15) is 26.2 Å². The van der Waals surface area contributed by atoms with Gasteiger partial charge in [0.05, 0.1) is 5.92 Å². The van der Waals surface area contributed by atoms with Gasteiger partial charge >= 0.3 is 6.18 Å². The first-order valence-electron chi connectivity index (χ1n) is 6.40. The SMILES string of the molecule is CCCn1c(N2CCCC(C(F)(F)F)C2)n[nH]c1=S. The Kier molecular flexibility index (Phi) is 4.17. The van der Waals surface area contributed by atoms with Crippen LogP contribution in [0.5, 0.6) is 0 Å². The molecule has 8 heteroatoms. The lowest BCUT2D eigenvalue weighted by molar-refractivity contribution is -0.176. The smallest absolute Gasteiger partial charge is 0.340 e. The number of hydrogen-bond acceptors (Lipinski definition) is 3. The summed E-state index contributed by atoms with van der Waals surface area (Å²) in [7, 11) is 0. The lowest BCUT2D eigenvalue weighted by Crippen LogP contribution is -2.42. The minimum absolute atomic E-state index is 0.0349. The van der Waals surface area contributed by atoms with Crippen molar-refractivity contribution in [3.8, 4) is 0 Å². The number of nitrogens with one attached hydrogen (secondary N) is 1. The van der Waals surface area contributed by atoms with Gasteiger partial charge in [0, 0.05) is 19.6 Å². The molecule has 1 aromatic heterocycles. The van der Waals surface area contributed by atoms with Crippen molar-refractivity contribution in [3.05, 3.63) is 4.77 Å². The number of halogens is 3. The second-order valence-electron chi connectivity index (χ2n) is 4.81. The van der Waals surface area contributed by atoms with E-state index in [0.29, 0.717) is 30.2 Å². The fourth-order valence-electron chi connectivity index (χ4n) is 2.40. The number of H-pyrrole nitrogens is 1. The molecule has 1 N–H and O–H groups in total. The van der Waals surface area contributed by atoms with Crippen LogP contribution in [-0.2, 0) is 6.54 Å². The van der Waals surface area contributed by atoms with Crippen LogP contribution in [0.4, 0.5) is 19.1 Å². The molecule has 4 nitrogen and oxygen atoms in total. The van der Waals surface area contributed by atoms with E-state index in [2.05, 4.69) is 10.2 Å². The van der Waals surface area contributed by atoms with Crippen molar-refractivity contribution in [1.82, 2.24) is 14.8 Å². The van der Waals surface area contributed by atoms with Crippen LogP contribution in [0.25, 0.3) is 0 Å². The molecule has 0 amide bonds. The molecule has 1 aliphatic heterocycles. The lowest BCUT2D eigenvalue weighted by atomic mass is 9.98. The summed E-state index contributed by atoms with van der Waals surface area (Å²) in [6.07, 6.45) is -2.56. The van der Waals surface area contributed by atoms with E-state index in [4.69, 9.17) is 12.2 Å². The maximum atomic E-state index is 12.8. The molecule has 0 aliphatic carbocycles. The van der Waals surface area contributed by atoms with Crippen molar-refractivity contribution in [2.45, 2.75) is 38.9 Å². The Bertz CT molecular complexity index is 479. The molecule has 19 heavy (non-hydrogen) atoms. The Balaban J connectivity index is 2.20. The molecule has 0 bridgehead atoms. The summed E-state index contributed by atoms with van der Waals surface area (Å²) < 4.78 is 40.6. The first-order valence-corrected chi connectivity index (χ1v) is 6.81. The average Bonchev–Trinajstić information content (AvgIpc) is 2.71. The number of nitrogens with zero attached hydrogens (tertiary/aromatic N) is 3. The summed E-state index contributed by atoms with van der Waals surface area (Å²) in [4.78, 5) is 1.68. The van der Waals surface area contributed by atoms with Crippen LogP contribution >= 0.6 is 12.2 Å². The Morgan fingerprint density at radius 1 is 1.47 bits per heavy atom. The van der Waals surface area contributed by atoms with Crippen molar-refractivity contribution in [2.24, 2.45) is 5.92 Å². The third-order valence-corrected chi connectivity index (χ3v) is 3.66. The van der Waals surface area contributed by atoms with Crippen LogP contribution in [0.2, 0.25) is 0 Å². The summed E-state index contributed by atoms with van der Waals surface area (Å²) in [6, 6.07) is 0. The lowest BCUT2D eigenvalue weighted by Gasteiger charge is -2.34. The number of rotatable bonds is 3. The molecular weight excluding hydrogens is 277 g/mol. The second kappa shape index (κ2) is 5.52. The normalized spacial score (nSPS) is 20.8. The monoisotopic (exact) mass is 294 g/mol. The number of aromatic nitrogens is 3. The van der Waals surface area contributed by atoms with Crippen LogP contribution in [0, 0.1) is 10.7 Å². The molecule has 1 fully saturated rings. The van der Waals surface area contributed by atoms with Crippen LogP contribution in [0.15, 0.2) is 0 Å². The van der Waals surface area contributed by atoms with E-state index in [-0.39, 0.29) is 13.0 Å². The summed E-state index contributed by atoms with van der Waals surface area (Å²) in [5, 5.41) is 6.74. The van der Waals surface area contributed by atoms with Crippen LogP contribution in [0.3, 0.4) is 0 Å². The van der Waals surface area contributed by atoms with Crippen molar-refractivity contribution >= 4 is 18.2 Å². The van der Waals surface area contributed by atoms with Gasteiger partial charge in [-0.05, 0) is 31.5 Å². The van der Waals surface area contributed by atoms with Gasteiger partial charge < -0.3 is 4.90 Å². The Labute approximate surface area is 114 Å². The molecule has 1 aliphatic rings. The highest BCUT2D eigenvalue weighted by Gasteiger charge is 2.42. The summed E-state index contributed by atoms with van der Waals surface area (Å²) in [6.45, 7) is 3.22. The van der Waals surface area contributed by atoms with Crippen molar-refractivity contribution in [1.29, 1.82) is 0 Å². The van der Waals surface area contributed by atoms with Crippen LogP contribution < -0.4 is 4.90 Å². The predicted molar refractivity (Wildman–Crippen MR) is 68.7 cm³/mol. The molecule has 0 radical (unpaired) electrons. The van der Waals surface area contributed by atoms with Gasteiger partial charge in [-0.3, -0.25) is 4.57 Å². The van der Waals surface area contributed by atoms with E-state index in [9.17, 15) is 13.2 Å². The Hall–Kier alpha value is -1.05. The fraction of sp³-hybridized carbons (Fsp3) is 0.818. The van der Waals surface area contributed by atoms with Gasteiger partial charge in [0.1, 0.15) is 0 Å². The molecule has 1 saturated heterocycles. The van der Waals surface area contributed by atoms with E-state index in [0.717, 1.165) is 6.42 Å². The van der Waals surface area contributed by atoms with Gasteiger partial charge in [-0.25, -0.2) is 5.10 Å². The van der Waals surface area contributed by atoms with Crippen LogP contribution in [-0.4, -0.2) is 34.0 Å². The topological polar surface area (TPSA) is 36.9 Å². The van der Waals surface area contributed by atoms with E-state index < -0.39 is 12.1 Å². The fourth-order valence-corrected chi connectivity index (χ4v) is 2.62. The van der Waals surface area contributed by atoms with E-state index in [1.54, 1.807) is 9.47 Å². The predicted octanol–water partition coefficient (Wildman–Crippen LogP) is 3.13. The summed E-state index contributed by atoms with van der Waals surface area (Å²) >= 11 is 5.11. The molecule has 1 atom stereocenters. The highest BCUT2D eigenvalue weighted by Crippen LogP contribution is 2.34. The van der Waals surface area contributed by atoms with Gasteiger partial charge in [0.15, 0.2) is 4.77 Å². The third-order valence-electron chi connectivity index (χ3n) is 3.35. The zero-order valence-corrected chi connectivity index (χ0v) is 11.5. The van der Waals surface area contributed by atoms with E-state index >= 15 is 0 Å². The number of piperidine rings is 1. The van der Waals surface area contributed by atoms with E-state index in [1.165, 1.54) is 0 Å². The van der Waals surface area contributed by atoms with Gasteiger partial charge in [-0.1, -0.05) is 6.92 Å². The summed E-state index contributed by atoms with van der Waals surface area (Å²) in [5.74, 6) is -0.748. The quantitative estimate of drug-likeness (QED) is 0.870. The van der Waals surface area contributed by atoms with Crippen molar-refractivity contribution in [2.75, 3.05) is 18.0 Å². The first-order chi connectivity index (χ1) is 8.93. The maximum absolute atomic E-state index is 12.8. The van der Waals surface area contributed by atoms with Crippen molar-refractivity contribution < 1.29 is 13.2 Å². The molecule has 2 heterocycles. The first kappa shape index (κ1) is 14.4. The number of hydrogen-bond donors (Lipinski definition) is 1. The zero-order chi connectivity index (χ0) is 14.0. The number of alkyl halides is 3. The van der Waals surface area contributed by atoms with Gasteiger partial charge in [-0.2, -0.15) is 13.2 Å². The zero-order valence-electron chi connectivity index (χ0n) is 10.7. The highest BCUT2D eigenvalue weighted by molar-refractivity contribution is 7.71. The molecule has 108 valence electrons. The molecule has 1 unspecified atom stereocenters. The molecule has 1 aromatic rings. The van der Waals surface area contributed by atoms with Gasteiger partial charge in [-0.15, -0.1) is 5.10 Å². The Morgan fingerprint density at radius 3 is 2.84 bits per heavy atom. The molecule has 0 saturated carbocycles. The third kappa shape index (κ3) is 3.10. The number of anilines is 1. The van der Waals surface area contributed by atoms with Gasteiger partial charge in [0.2, 0.25) is 5.95 Å². The maximum Gasteiger partial charge on any atom is 0.393 e. The molecule has 0 aromatic carbocycles. The van der Waals surface area contributed by atoms with E-state index in [1.807, 2.05) is 6.92 Å². The second-order valence-corrected chi connectivity index (χ2v) is 5.19. The minimum atomic E-state index is -4.14. The highest BCUT2D eigenvalue weighted by atomic mass is 32.1.